The molecular formula is C11H23N3O2. The average Bonchev–Trinajstić information content (AvgIpc) is 2.30. The van der Waals surface area contributed by atoms with Gasteiger partial charge < -0.3 is 16.0 Å². The summed E-state index contributed by atoms with van der Waals surface area (Å²) >= 11 is 0. The minimum atomic E-state index is -0.0603. The van der Waals surface area contributed by atoms with Crippen LogP contribution in [0.25, 0.3) is 0 Å². The van der Waals surface area contributed by atoms with E-state index in [0.717, 1.165) is 19.3 Å². The predicted molar refractivity (Wildman–Crippen MR) is 63.8 cm³/mol. The Morgan fingerprint density at radius 1 is 1.25 bits per heavy atom. The molecule has 0 aromatic carbocycles. The molecule has 0 aliphatic heterocycles. The Morgan fingerprint density at radius 2 is 1.94 bits per heavy atom. The molecule has 0 spiro atoms. The number of nitrogens with two attached hydrogens (primary N) is 1. The minimum absolute atomic E-state index is 0.0576. The summed E-state index contributed by atoms with van der Waals surface area (Å²) in [7, 11) is 1.72. The van der Waals surface area contributed by atoms with Gasteiger partial charge in [0.1, 0.15) is 0 Å². The lowest BCUT2D eigenvalue weighted by Crippen LogP contribution is -2.37. The second-order valence-electron chi connectivity index (χ2n) is 3.78. The van der Waals surface area contributed by atoms with Crippen LogP contribution >= 0.6 is 0 Å². The van der Waals surface area contributed by atoms with E-state index in [2.05, 4.69) is 5.32 Å². The molecule has 0 rings (SSSR count). The zero-order chi connectivity index (χ0) is 12.4. The first-order valence-corrected chi connectivity index (χ1v) is 5.82. The fourth-order valence-corrected chi connectivity index (χ4v) is 1.18. The average molecular weight is 229 g/mol. The molecule has 0 aliphatic rings. The van der Waals surface area contributed by atoms with Crippen molar-refractivity contribution in [2.45, 2.75) is 32.6 Å². The van der Waals surface area contributed by atoms with E-state index in [1.807, 2.05) is 6.92 Å². The van der Waals surface area contributed by atoms with Gasteiger partial charge in [-0.15, -0.1) is 0 Å². The number of rotatable bonds is 8. The maximum Gasteiger partial charge on any atom is 0.241 e. The van der Waals surface area contributed by atoms with Crippen LogP contribution in [-0.2, 0) is 9.59 Å². The summed E-state index contributed by atoms with van der Waals surface area (Å²) in [6, 6.07) is 0. The van der Waals surface area contributed by atoms with Crippen LogP contribution in [0.3, 0.4) is 0 Å². The fraction of sp³-hybridized carbons (Fsp3) is 0.818. The maximum atomic E-state index is 11.3. The largest absolute Gasteiger partial charge is 0.347 e. The van der Waals surface area contributed by atoms with Gasteiger partial charge in [-0.1, -0.05) is 6.42 Å². The Hall–Kier alpha value is -1.10. The number of hydrogen-bond donors (Lipinski definition) is 2. The van der Waals surface area contributed by atoms with Gasteiger partial charge in [0.25, 0.3) is 0 Å². The molecule has 0 radical (unpaired) electrons. The second kappa shape index (κ2) is 9.15. The van der Waals surface area contributed by atoms with E-state index in [0.29, 0.717) is 19.5 Å². The third-order valence-corrected chi connectivity index (χ3v) is 2.44. The minimum Gasteiger partial charge on any atom is -0.347 e. The van der Waals surface area contributed by atoms with E-state index < -0.39 is 0 Å². The quantitative estimate of drug-likeness (QED) is 0.580. The van der Waals surface area contributed by atoms with E-state index in [4.69, 9.17) is 5.73 Å². The molecule has 0 saturated carbocycles. The number of nitrogens with zero attached hydrogens (tertiary/aromatic N) is 1. The van der Waals surface area contributed by atoms with Crippen molar-refractivity contribution >= 4 is 11.8 Å². The van der Waals surface area contributed by atoms with Crippen LogP contribution in [0.2, 0.25) is 0 Å². The van der Waals surface area contributed by atoms with Crippen molar-refractivity contribution in [3.8, 4) is 0 Å². The molecule has 0 unspecified atom stereocenters. The predicted octanol–water partition coefficient (Wildman–Crippen LogP) is 0.100. The molecule has 5 heteroatoms. The van der Waals surface area contributed by atoms with Crippen LogP contribution < -0.4 is 11.1 Å². The molecule has 16 heavy (non-hydrogen) atoms. The van der Waals surface area contributed by atoms with E-state index in [1.54, 1.807) is 11.9 Å². The molecule has 94 valence electrons. The molecule has 0 aromatic heterocycles. The Kier molecular flexibility index (Phi) is 8.52. The molecule has 3 N–H and O–H groups in total. The van der Waals surface area contributed by atoms with Gasteiger partial charge >= 0.3 is 0 Å². The normalized spacial score (nSPS) is 9.94. The second-order valence-corrected chi connectivity index (χ2v) is 3.78. The number of likely N-dealkylation sites (N-methyl/N-ethyl adjacent to an activating group) is 1. The lowest BCUT2D eigenvalue weighted by atomic mass is 10.2. The molecule has 0 bridgehead atoms. The topological polar surface area (TPSA) is 75.4 Å². The first-order valence-electron chi connectivity index (χ1n) is 5.82. The third kappa shape index (κ3) is 7.23. The summed E-state index contributed by atoms with van der Waals surface area (Å²) < 4.78 is 0. The van der Waals surface area contributed by atoms with Crippen molar-refractivity contribution in [3.63, 3.8) is 0 Å². The van der Waals surface area contributed by atoms with Gasteiger partial charge in [-0.05, 0) is 26.3 Å². The smallest absolute Gasteiger partial charge is 0.241 e. The number of amides is 2. The van der Waals surface area contributed by atoms with Gasteiger partial charge in [-0.3, -0.25) is 9.59 Å². The van der Waals surface area contributed by atoms with Crippen LogP contribution in [0.1, 0.15) is 32.6 Å². The highest BCUT2D eigenvalue weighted by Gasteiger charge is 2.08. The summed E-state index contributed by atoms with van der Waals surface area (Å²) in [6.07, 6.45) is 3.22. The zero-order valence-corrected chi connectivity index (χ0v) is 10.3. The van der Waals surface area contributed by atoms with E-state index in [9.17, 15) is 9.59 Å². The summed E-state index contributed by atoms with van der Waals surface area (Å²) in [5.74, 6) is -0.118. The number of hydrogen-bond acceptors (Lipinski definition) is 3. The lowest BCUT2D eigenvalue weighted by Gasteiger charge is -2.14. The Bertz CT molecular complexity index is 219. The molecule has 0 fully saturated rings. The highest BCUT2D eigenvalue weighted by Crippen LogP contribution is 1.98. The highest BCUT2D eigenvalue weighted by molar-refractivity contribution is 5.84. The zero-order valence-electron chi connectivity index (χ0n) is 10.3. The van der Waals surface area contributed by atoms with E-state index in [-0.39, 0.29) is 18.4 Å². The van der Waals surface area contributed by atoms with Crippen LogP contribution in [0.4, 0.5) is 0 Å². The molecule has 0 atom stereocenters. The first-order chi connectivity index (χ1) is 7.61. The summed E-state index contributed by atoms with van der Waals surface area (Å²) in [5, 5.41) is 2.61. The molecule has 0 aliphatic carbocycles. The molecule has 0 heterocycles. The monoisotopic (exact) mass is 229 g/mol. The molecule has 0 saturated heterocycles. The van der Waals surface area contributed by atoms with Gasteiger partial charge in [0, 0.05) is 20.0 Å². The standard InChI is InChI=1S/C11H23N3O2/c1-3-14(2)11(16)9-13-10(15)7-5-4-6-8-12/h3-9,12H2,1-2H3,(H,13,15). The van der Waals surface area contributed by atoms with Gasteiger partial charge in [-0.2, -0.15) is 0 Å². The molecule has 0 aromatic rings. The van der Waals surface area contributed by atoms with Gasteiger partial charge in [0.15, 0.2) is 0 Å². The van der Waals surface area contributed by atoms with Crippen molar-refractivity contribution in [2.24, 2.45) is 5.73 Å². The molecular weight excluding hydrogens is 206 g/mol. The SMILES string of the molecule is CCN(C)C(=O)CNC(=O)CCCCCN. The maximum absolute atomic E-state index is 11.3. The van der Waals surface area contributed by atoms with Crippen molar-refractivity contribution < 1.29 is 9.59 Å². The number of unbranched alkanes of at least 4 members (excludes halogenated alkanes) is 2. The van der Waals surface area contributed by atoms with Crippen molar-refractivity contribution in [3.05, 3.63) is 0 Å². The number of carbonyl (C=O) groups is 2. The van der Waals surface area contributed by atoms with E-state index >= 15 is 0 Å². The summed E-state index contributed by atoms with van der Waals surface area (Å²) in [4.78, 5) is 24.2. The van der Waals surface area contributed by atoms with E-state index in [1.165, 1.54) is 0 Å². The highest BCUT2D eigenvalue weighted by atomic mass is 16.2. The molecule has 2 amide bonds. The fourth-order valence-electron chi connectivity index (χ4n) is 1.18. The number of nitrogens with one attached hydrogen (secondary N) is 1. The van der Waals surface area contributed by atoms with Crippen LogP contribution in [0, 0.1) is 0 Å². The Labute approximate surface area is 97.4 Å². The van der Waals surface area contributed by atoms with Crippen molar-refractivity contribution in [1.29, 1.82) is 0 Å². The van der Waals surface area contributed by atoms with Gasteiger partial charge in [0.05, 0.1) is 6.54 Å². The van der Waals surface area contributed by atoms with Crippen molar-refractivity contribution in [1.82, 2.24) is 10.2 Å². The number of carbonyl (C=O) groups excluding carboxylic acids is 2. The lowest BCUT2D eigenvalue weighted by molar-refractivity contribution is -0.131. The molecule has 5 nitrogen and oxygen atoms in total. The summed E-state index contributed by atoms with van der Waals surface area (Å²) in [5.41, 5.74) is 5.34. The summed E-state index contributed by atoms with van der Waals surface area (Å²) in [6.45, 7) is 3.32. The Balaban J connectivity index is 3.53. The van der Waals surface area contributed by atoms with Gasteiger partial charge in [-0.25, -0.2) is 0 Å². The van der Waals surface area contributed by atoms with Crippen LogP contribution in [0.5, 0.6) is 0 Å². The Morgan fingerprint density at radius 3 is 2.50 bits per heavy atom. The van der Waals surface area contributed by atoms with Crippen LogP contribution in [0.15, 0.2) is 0 Å². The van der Waals surface area contributed by atoms with Crippen LogP contribution in [-0.4, -0.2) is 43.4 Å². The third-order valence-electron chi connectivity index (χ3n) is 2.44. The van der Waals surface area contributed by atoms with Crippen molar-refractivity contribution in [2.75, 3.05) is 26.7 Å². The first kappa shape index (κ1) is 14.9. The van der Waals surface area contributed by atoms with Gasteiger partial charge in [0.2, 0.25) is 11.8 Å².